The summed E-state index contributed by atoms with van der Waals surface area (Å²) < 4.78 is 0. The second-order valence-corrected chi connectivity index (χ2v) is 9.79. The van der Waals surface area contributed by atoms with E-state index in [0.29, 0.717) is 0 Å². The van der Waals surface area contributed by atoms with Gasteiger partial charge in [-0.15, -0.1) is 0 Å². The highest BCUT2D eigenvalue weighted by Crippen LogP contribution is 2.46. The molecular formula is C37H26. The molecule has 0 radical (unpaired) electrons. The third kappa shape index (κ3) is 3.30. The van der Waals surface area contributed by atoms with E-state index in [2.05, 4.69) is 135 Å². The SMILES string of the molecule is C=Cc1cc(-c2c3ccccc3c(-c3ccc4ccccc4c3)c3ccccc23)c2ccccc2c1C. The molecule has 0 saturated heterocycles. The molecule has 7 rings (SSSR count). The van der Waals surface area contributed by atoms with Gasteiger partial charge in [0.1, 0.15) is 0 Å². The van der Waals surface area contributed by atoms with Crippen LogP contribution in [0.3, 0.4) is 0 Å². The fraction of sp³-hybridized carbons (Fsp3) is 0.0270. The van der Waals surface area contributed by atoms with Gasteiger partial charge in [-0.25, -0.2) is 0 Å². The summed E-state index contributed by atoms with van der Waals surface area (Å²) >= 11 is 0. The van der Waals surface area contributed by atoms with Gasteiger partial charge in [0.15, 0.2) is 0 Å². The molecule has 0 spiro atoms. The monoisotopic (exact) mass is 470 g/mol. The Labute approximate surface area is 217 Å². The molecule has 0 atom stereocenters. The minimum Gasteiger partial charge on any atom is -0.0985 e. The largest absolute Gasteiger partial charge is 0.0985 e. The summed E-state index contributed by atoms with van der Waals surface area (Å²) in [5, 5.41) is 10.2. The fourth-order valence-corrected chi connectivity index (χ4v) is 6.04. The highest BCUT2D eigenvalue weighted by Gasteiger charge is 2.19. The summed E-state index contributed by atoms with van der Waals surface area (Å²) in [7, 11) is 0. The molecule has 0 bridgehead atoms. The van der Waals surface area contributed by atoms with Gasteiger partial charge in [0.05, 0.1) is 0 Å². The maximum absolute atomic E-state index is 4.14. The summed E-state index contributed by atoms with van der Waals surface area (Å²) in [6.07, 6.45) is 1.99. The summed E-state index contributed by atoms with van der Waals surface area (Å²) in [5.74, 6) is 0. The molecular weight excluding hydrogens is 444 g/mol. The van der Waals surface area contributed by atoms with Crippen molar-refractivity contribution in [3.63, 3.8) is 0 Å². The zero-order valence-electron chi connectivity index (χ0n) is 20.8. The van der Waals surface area contributed by atoms with Crippen LogP contribution in [0, 0.1) is 6.92 Å². The molecule has 0 aliphatic carbocycles. The smallest absolute Gasteiger partial charge is 0.00199 e. The Kier molecular flexibility index (Phi) is 4.94. The van der Waals surface area contributed by atoms with Gasteiger partial charge in [-0.3, -0.25) is 0 Å². The van der Waals surface area contributed by atoms with Crippen LogP contribution in [0.25, 0.3) is 71.4 Å². The van der Waals surface area contributed by atoms with Crippen LogP contribution in [-0.4, -0.2) is 0 Å². The van der Waals surface area contributed by atoms with Crippen LogP contribution >= 0.6 is 0 Å². The number of aryl methyl sites for hydroxylation is 1. The van der Waals surface area contributed by atoms with Gasteiger partial charge in [-0.1, -0.05) is 122 Å². The van der Waals surface area contributed by atoms with Crippen molar-refractivity contribution in [3.8, 4) is 22.3 Å². The first-order chi connectivity index (χ1) is 18.2. The van der Waals surface area contributed by atoms with Crippen LogP contribution < -0.4 is 0 Å². The van der Waals surface area contributed by atoms with Gasteiger partial charge in [0.25, 0.3) is 0 Å². The highest BCUT2D eigenvalue weighted by molar-refractivity contribution is 6.24. The number of benzene rings is 7. The Hall–Kier alpha value is -4.68. The normalized spacial score (nSPS) is 11.5. The van der Waals surface area contributed by atoms with Gasteiger partial charge >= 0.3 is 0 Å². The van der Waals surface area contributed by atoms with E-state index >= 15 is 0 Å². The molecule has 0 N–H and O–H groups in total. The van der Waals surface area contributed by atoms with E-state index < -0.39 is 0 Å². The van der Waals surface area contributed by atoms with E-state index in [1.807, 2.05) is 6.08 Å². The van der Waals surface area contributed by atoms with Crippen molar-refractivity contribution < 1.29 is 0 Å². The van der Waals surface area contributed by atoms with Crippen molar-refractivity contribution in [2.45, 2.75) is 6.92 Å². The molecule has 0 fully saturated rings. The topological polar surface area (TPSA) is 0 Å². The van der Waals surface area contributed by atoms with Crippen LogP contribution in [0.2, 0.25) is 0 Å². The van der Waals surface area contributed by atoms with Gasteiger partial charge < -0.3 is 0 Å². The quantitative estimate of drug-likeness (QED) is 0.225. The van der Waals surface area contributed by atoms with E-state index in [9.17, 15) is 0 Å². The zero-order valence-corrected chi connectivity index (χ0v) is 20.8. The van der Waals surface area contributed by atoms with E-state index in [0.717, 1.165) is 0 Å². The number of fused-ring (bicyclic) bond motifs is 4. The first-order valence-corrected chi connectivity index (χ1v) is 12.8. The predicted molar refractivity (Wildman–Crippen MR) is 162 cm³/mol. The second kappa shape index (κ2) is 8.47. The molecule has 7 aromatic rings. The molecule has 0 nitrogen and oxygen atoms in total. The Morgan fingerprint density at radius 3 is 1.62 bits per heavy atom. The molecule has 0 aromatic heterocycles. The van der Waals surface area contributed by atoms with Crippen LogP contribution in [-0.2, 0) is 0 Å². The van der Waals surface area contributed by atoms with Crippen LogP contribution in [0.15, 0.2) is 128 Å². The van der Waals surface area contributed by atoms with E-state index in [1.165, 1.54) is 76.5 Å². The maximum Gasteiger partial charge on any atom is -0.00199 e. The van der Waals surface area contributed by atoms with Gasteiger partial charge in [0.2, 0.25) is 0 Å². The average molecular weight is 471 g/mol. The summed E-state index contributed by atoms with van der Waals surface area (Å²) in [6.45, 7) is 6.33. The molecule has 0 amide bonds. The Morgan fingerprint density at radius 2 is 1.00 bits per heavy atom. The predicted octanol–water partition coefficient (Wildman–Crippen LogP) is 10.6. The van der Waals surface area contributed by atoms with Crippen molar-refractivity contribution in [1.82, 2.24) is 0 Å². The molecule has 0 saturated carbocycles. The molecule has 0 aliphatic rings. The van der Waals surface area contributed by atoms with Crippen molar-refractivity contribution in [2.24, 2.45) is 0 Å². The van der Waals surface area contributed by atoms with E-state index in [1.54, 1.807) is 0 Å². The standard InChI is InChI=1S/C37H26/c1-3-25-23-35(30-15-7-6-14-29(30)24(25)2)37-33-18-10-8-16-31(33)36(32-17-9-11-19-34(32)37)28-21-20-26-12-4-5-13-27(26)22-28/h3-23H,1H2,2H3. The third-order valence-electron chi connectivity index (χ3n) is 7.81. The van der Waals surface area contributed by atoms with Crippen LogP contribution in [0.1, 0.15) is 11.1 Å². The van der Waals surface area contributed by atoms with E-state index in [4.69, 9.17) is 0 Å². The fourth-order valence-electron chi connectivity index (χ4n) is 6.04. The summed E-state index contributed by atoms with van der Waals surface area (Å²) in [4.78, 5) is 0. The lowest BCUT2D eigenvalue weighted by molar-refractivity contribution is 1.50. The maximum atomic E-state index is 4.14. The molecule has 0 heterocycles. The molecule has 0 heteroatoms. The van der Waals surface area contributed by atoms with Crippen LogP contribution in [0.4, 0.5) is 0 Å². The van der Waals surface area contributed by atoms with Crippen molar-refractivity contribution in [2.75, 3.05) is 0 Å². The van der Waals surface area contributed by atoms with Crippen molar-refractivity contribution >= 4 is 49.2 Å². The molecule has 0 unspecified atom stereocenters. The summed E-state index contributed by atoms with van der Waals surface area (Å²) in [6, 6.07) is 44.3. The van der Waals surface area contributed by atoms with Crippen molar-refractivity contribution in [1.29, 1.82) is 0 Å². The van der Waals surface area contributed by atoms with Gasteiger partial charge in [-0.2, -0.15) is 0 Å². The van der Waals surface area contributed by atoms with Gasteiger partial charge in [0, 0.05) is 0 Å². The Bertz CT molecular complexity index is 1950. The lowest BCUT2D eigenvalue weighted by atomic mass is 9.83. The minimum atomic E-state index is 1.18. The second-order valence-electron chi connectivity index (χ2n) is 9.79. The highest BCUT2D eigenvalue weighted by atomic mass is 14.2. The van der Waals surface area contributed by atoms with Crippen LogP contribution in [0.5, 0.6) is 0 Å². The Balaban J connectivity index is 1.67. The third-order valence-corrected chi connectivity index (χ3v) is 7.81. The molecule has 7 aromatic carbocycles. The zero-order chi connectivity index (χ0) is 24.9. The number of hydrogen-bond donors (Lipinski definition) is 0. The minimum absolute atomic E-state index is 1.18. The molecule has 174 valence electrons. The Morgan fingerprint density at radius 1 is 0.486 bits per heavy atom. The van der Waals surface area contributed by atoms with Gasteiger partial charge in [-0.05, 0) is 95.5 Å². The van der Waals surface area contributed by atoms with Crippen molar-refractivity contribution in [3.05, 3.63) is 139 Å². The first-order valence-electron chi connectivity index (χ1n) is 12.8. The first kappa shape index (κ1) is 21.6. The lowest BCUT2D eigenvalue weighted by Crippen LogP contribution is -1.94. The lowest BCUT2D eigenvalue weighted by Gasteiger charge is -2.20. The average Bonchev–Trinajstić information content (AvgIpc) is 2.96. The molecule has 0 aliphatic heterocycles. The summed E-state index contributed by atoms with van der Waals surface area (Å²) in [5.41, 5.74) is 7.54. The van der Waals surface area contributed by atoms with E-state index in [-0.39, 0.29) is 0 Å². The number of hydrogen-bond acceptors (Lipinski definition) is 0. The molecule has 37 heavy (non-hydrogen) atoms. The number of rotatable bonds is 3.